The van der Waals surface area contributed by atoms with Crippen molar-refractivity contribution in [2.45, 2.75) is 26.2 Å². The third kappa shape index (κ3) is 5.51. The summed E-state index contributed by atoms with van der Waals surface area (Å²) in [4.78, 5) is 14.1. The monoisotopic (exact) mass is 565 g/mol. The Labute approximate surface area is 245 Å². The van der Waals surface area contributed by atoms with Gasteiger partial charge in [0.15, 0.2) is 0 Å². The molecule has 3 aromatic heterocycles. The molecular weight excluding hydrogens is 530 g/mol. The highest BCUT2D eigenvalue weighted by molar-refractivity contribution is 5.99. The van der Waals surface area contributed by atoms with Crippen molar-refractivity contribution >= 4 is 16.6 Å². The Morgan fingerprint density at radius 2 is 1.38 bits per heavy atom. The SMILES string of the molecule is CCc1ccncc1-c1nc(NN)c2cncc(Cc3ccc(OC)cc3OC)c2c1Cc1ccc(OC)cc1OC. The maximum absolute atomic E-state index is 6.07. The second-order valence-corrected chi connectivity index (χ2v) is 9.75. The van der Waals surface area contributed by atoms with Gasteiger partial charge in [0.05, 0.1) is 34.1 Å². The van der Waals surface area contributed by atoms with Gasteiger partial charge in [0.2, 0.25) is 0 Å². The Morgan fingerprint density at radius 1 is 0.714 bits per heavy atom. The molecule has 216 valence electrons. The van der Waals surface area contributed by atoms with E-state index in [0.717, 1.165) is 79.3 Å². The molecule has 0 bridgehead atoms. The zero-order chi connectivity index (χ0) is 29.6. The van der Waals surface area contributed by atoms with Crippen molar-refractivity contribution in [1.82, 2.24) is 15.0 Å². The number of anilines is 1. The maximum atomic E-state index is 6.07. The fourth-order valence-electron chi connectivity index (χ4n) is 5.37. The molecule has 0 radical (unpaired) electrons. The largest absolute Gasteiger partial charge is 0.497 e. The molecule has 9 nitrogen and oxygen atoms in total. The fourth-order valence-corrected chi connectivity index (χ4v) is 5.37. The van der Waals surface area contributed by atoms with E-state index in [-0.39, 0.29) is 0 Å². The molecule has 3 heterocycles. The minimum atomic E-state index is 0.533. The number of benzene rings is 2. The van der Waals surface area contributed by atoms with Crippen LogP contribution in [0.3, 0.4) is 0 Å². The summed E-state index contributed by atoms with van der Waals surface area (Å²) in [5.41, 5.74) is 9.70. The van der Waals surface area contributed by atoms with Crippen LogP contribution in [0.15, 0.2) is 67.3 Å². The van der Waals surface area contributed by atoms with E-state index in [1.165, 1.54) is 0 Å². The summed E-state index contributed by atoms with van der Waals surface area (Å²) in [6, 6.07) is 13.7. The zero-order valence-corrected chi connectivity index (χ0v) is 24.5. The number of nitrogens with one attached hydrogen (secondary N) is 1. The van der Waals surface area contributed by atoms with Crippen molar-refractivity contribution in [2.75, 3.05) is 33.9 Å². The number of nitrogens with two attached hydrogens (primary N) is 1. The highest BCUT2D eigenvalue weighted by Crippen LogP contribution is 2.39. The van der Waals surface area contributed by atoms with Gasteiger partial charge in [0, 0.05) is 60.7 Å². The smallest absolute Gasteiger partial charge is 0.150 e. The van der Waals surface area contributed by atoms with E-state index in [4.69, 9.17) is 29.8 Å². The van der Waals surface area contributed by atoms with Crippen molar-refractivity contribution in [3.05, 3.63) is 95.1 Å². The Bertz CT molecular complexity index is 1720. The minimum absolute atomic E-state index is 0.533. The number of nitrogen functional groups attached to an aromatic ring is 1. The molecule has 42 heavy (non-hydrogen) atoms. The molecule has 0 aliphatic carbocycles. The van der Waals surface area contributed by atoms with E-state index < -0.39 is 0 Å². The molecule has 9 heteroatoms. The van der Waals surface area contributed by atoms with Crippen LogP contribution in [0.2, 0.25) is 0 Å². The predicted octanol–water partition coefficient (Wildman–Crippen LogP) is 5.76. The van der Waals surface area contributed by atoms with Crippen LogP contribution in [-0.4, -0.2) is 43.4 Å². The molecular formula is C33H35N5O4. The van der Waals surface area contributed by atoms with Crippen molar-refractivity contribution in [2.24, 2.45) is 5.84 Å². The molecule has 0 saturated carbocycles. The standard InChI is InChI=1S/C33H35N5O4/c1-6-20-11-12-35-18-27(20)32-26(14-22-8-10-25(40-3)16-30(22)42-5)31-23(17-36-19-28(31)33(37-32)38-34)13-21-7-9-24(39-2)15-29(21)41-4/h7-12,15-19H,6,13-14,34H2,1-5H3,(H,37,38). The number of nitrogens with zero attached hydrogens (tertiary/aromatic N) is 3. The van der Waals surface area contributed by atoms with Crippen molar-refractivity contribution in [3.8, 4) is 34.3 Å². The van der Waals surface area contributed by atoms with Gasteiger partial charge in [-0.3, -0.25) is 9.97 Å². The molecule has 0 saturated heterocycles. The number of rotatable bonds is 11. The van der Waals surface area contributed by atoms with E-state index >= 15 is 0 Å². The Morgan fingerprint density at radius 3 is 1.98 bits per heavy atom. The van der Waals surface area contributed by atoms with Crippen molar-refractivity contribution in [3.63, 3.8) is 0 Å². The van der Waals surface area contributed by atoms with Gasteiger partial charge in [-0.1, -0.05) is 19.1 Å². The molecule has 0 unspecified atom stereocenters. The lowest BCUT2D eigenvalue weighted by molar-refractivity contribution is 0.391. The van der Waals surface area contributed by atoms with E-state index in [2.05, 4.69) is 22.3 Å². The average Bonchev–Trinajstić information content (AvgIpc) is 3.05. The minimum Gasteiger partial charge on any atom is -0.497 e. The Balaban J connectivity index is 1.82. The maximum Gasteiger partial charge on any atom is 0.150 e. The summed E-state index contributed by atoms with van der Waals surface area (Å²) in [5.74, 6) is 9.51. The highest BCUT2D eigenvalue weighted by Gasteiger charge is 2.22. The lowest BCUT2D eigenvalue weighted by Gasteiger charge is -2.21. The van der Waals surface area contributed by atoms with Crippen LogP contribution >= 0.6 is 0 Å². The molecule has 5 rings (SSSR count). The number of hydrogen-bond donors (Lipinski definition) is 2. The fraction of sp³-hybridized carbons (Fsp3) is 0.242. The van der Waals surface area contributed by atoms with Crippen LogP contribution in [0, 0.1) is 0 Å². The molecule has 5 aromatic rings. The predicted molar refractivity (Wildman–Crippen MR) is 165 cm³/mol. The van der Waals surface area contributed by atoms with E-state index in [1.807, 2.05) is 61.1 Å². The lowest BCUT2D eigenvalue weighted by Crippen LogP contribution is -2.12. The molecule has 0 spiro atoms. The van der Waals surface area contributed by atoms with E-state index in [0.29, 0.717) is 18.7 Å². The van der Waals surface area contributed by atoms with Crippen LogP contribution in [-0.2, 0) is 19.3 Å². The quantitative estimate of drug-likeness (QED) is 0.152. The first kappa shape index (κ1) is 28.6. The first-order chi connectivity index (χ1) is 20.5. The number of hydrazine groups is 1. The van der Waals surface area contributed by atoms with Crippen molar-refractivity contribution in [1.29, 1.82) is 0 Å². The summed E-state index contributed by atoms with van der Waals surface area (Å²) in [5, 5.41) is 1.82. The van der Waals surface area contributed by atoms with Crippen LogP contribution in [0.4, 0.5) is 5.82 Å². The van der Waals surface area contributed by atoms with Gasteiger partial charge < -0.3 is 24.4 Å². The molecule has 0 fully saturated rings. The number of fused-ring (bicyclic) bond motifs is 1. The number of methoxy groups -OCH3 is 4. The molecule has 3 N–H and O–H groups in total. The zero-order valence-electron chi connectivity index (χ0n) is 24.5. The first-order valence-electron chi connectivity index (χ1n) is 13.7. The molecule has 2 aromatic carbocycles. The summed E-state index contributed by atoms with van der Waals surface area (Å²) in [6.45, 7) is 2.12. The topological polar surface area (TPSA) is 114 Å². The van der Waals surface area contributed by atoms with Crippen LogP contribution in [0.5, 0.6) is 23.0 Å². The van der Waals surface area contributed by atoms with E-state index in [1.54, 1.807) is 34.6 Å². The third-order valence-corrected chi connectivity index (χ3v) is 7.51. The first-order valence-corrected chi connectivity index (χ1v) is 13.7. The van der Waals surface area contributed by atoms with E-state index in [9.17, 15) is 0 Å². The lowest BCUT2D eigenvalue weighted by atomic mass is 9.89. The average molecular weight is 566 g/mol. The Hall–Kier alpha value is -4.89. The molecule has 0 atom stereocenters. The normalized spacial score (nSPS) is 10.9. The molecule has 0 aliphatic rings. The van der Waals surface area contributed by atoms with Gasteiger partial charge in [0.1, 0.15) is 28.8 Å². The summed E-state index contributed by atoms with van der Waals surface area (Å²) in [6.07, 6.45) is 9.29. The number of hydrogen-bond acceptors (Lipinski definition) is 9. The van der Waals surface area contributed by atoms with Gasteiger partial charge in [0.25, 0.3) is 0 Å². The van der Waals surface area contributed by atoms with Crippen LogP contribution in [0.25, 0.3) is 22.0 Å². The second kappa shape index (κ2) is 12.7. The number of aryl methyl sites for hydroxylation is 1. The Kier molecular flexibility index (Phi) is 8.68. The highest BCUT2D eigenvalue weighted by atomic mass is 16.5. The van der Waals surface area contributed by atoms with Gasteiger partial charge in [-0.05, 0) is 57.8 Å². The van der Waals surface area contributed by atoms with Crippen molar-refractivity contribution < 1.29 is 18.9 Å². The van der Waals surface area contributed by atoms with Crippen LogP contribution < -0.4 is 30.2 Å². The third-order valence-electron chi connectivity index (χ3n) is 7.51. The van der Waals surface area contributed by atoms with Gasteiger partial charge in [-0.2, -0.15) is 0 Å². The number of ether oxygens (including phenoxy) is 4. The van der Waals surface area contributed by atoms with Gasteiger partial charge in [-0.25, -0.2) is 10.8 Å². The number of pyridine rings is 3. The number of aromatic nitrogens is 3. The van der Waals surface area contributed by atoms with Crippen LogP contribution in [0.1, 0.15) is 34.7 Å². The van der Waals surface area contributed by atoms with Gasteiger partial charge in [-0.15, -0.1) is 0 Å². The second-order valence-electron chi connectivity index (χ2n) is 9.75. The van der Waals surface area contributed by atoms with Gasteiger partial charge >= 0.3 is 0 Å². The summed E-state index contributed by atoms with van der Waals surface area (Å²) in [7, 11) is 6.61. The summed E-state index contributed by atoms with van der Waals surface area (Å²) >= 11 is 0. The molecule has 0 amide bonds. The summed E-state index contributed by atoms with van der Waals surface area (Å²) < 4.78 is 22.4. The molecule has 0 aliphatic heterocycles.